The summed E-state index contributed by atoms with van der Waals surface area (Å²) in [5.74, 6) is -0.421. The molecule has 2 aliphatic heterocycles. The van der Waals surface area contributed by atoms with E-state index in [1.807, 2.05) is 13.0 Å². The number of nitrogens with zero attached hydrogens (tertiary/aromatic N) is 2. The van der Waals surface area contributed by atoms with Crippen LogP contribution in [0.3, 0.4) is 0 Å². The Kier molecular flexibility index (Phi) is 6.09. The van der Waals surface area contributed by atoms with Crippen molar-refractivity contribution in [3.63, 3.8) is 0 Å². The summed E-state index contributed by atoms with van der Waals surface area (Å²) < 4.78 is 5.11. The predicted molar refractivity (Wildman–Crippen MR) is 99.3 cm³/mol. The minimum Gasteiger partial charge on any atom is -0.462 e. The molecule has 1 N–H and O–H groups in total. The van der Waals surface area contributed by atoms with E-state index in [0.717, 1.165) is 30.9 Å². The van der Waals surface area contributed by atoms with Crippen LogP contribution in [0.1, 0.15) is 41.9 Å². The molecule has 1 amide bonds. The van der Waals surface area contributed by atoms with Crippen LogP contribution in [0.25, 0.3) is 0 Å². The molecular weight excluding hydrogens is 338 g/mol. The fourth-order valence-corrected chi connectivity index (χ4v) is 4.64. The highest BCUT2D eigenvalue weighted by molar-refractivity contribution is 7.16. The zero-order chi connectivity index (χ0) is 17.8. The molecule has 3 heterocycles. The Bertz CT molecular complexity index is 631. The third-order valence-corrected chi connectivity index (χ3v) is 6.11. The van der Waals surface area contributed by atoms with Crippen molar-refractivity contribution in [3.8, 4) is 0 Å². The number of piperazine rings is 1. The van der Waals surface area contributed by atoms with Gasteiger partial charge in [-0.05, 0) is 38.8 Å². The molecule has 2 saturated heterocycles. The van der Waals surface area contributed by atoms with Crippen molar-refractivity contribution < 1.29 is 14.3 Å². The van der Waals surface area contributed by atoms with Gasteiger partial charge >= 0.3 is 5.97 Å². The molecule has 6 nitrogen and oxygen atoms in total. The lowest BCUT2D eigenvalue weighted by Gasteiger charge is -2.37. The van der Waals surface area contributed by atoms with Gasteiger partial charge in [0.05, 0.1) is 18.7 Å². The summed E-state index contributed by atoms with van der Waals surface area (Å²) in [7, 11) is 0. The summed E-state index contributed by atoms with van der Waals surface area (Å²) in [4.78, 5) is 30.4. The number of hydrogen-bond acceptors (Lipinski definition) is 6. The number of nitrogens with one attached hydrogen (secondary N) is 1. The molecule has 2 fully saturated rings. The van der Waals surface area contributed by atoms with Crippen LogP contribution >= 0.6 is 11.3 Å². The zero-order valence-electron chi connectivity index (χ0n) is 15.0. The second-order valence-corrected chi connectivity index (χ2v) is 7.78. The summed E-state index contributed by atoms with van der Waals surface area (Å²) in [6, 6.07) is 2.43. The van der Waals surface area contributed by atoms with Gasteiger partial charge < -0.3 is 10.1 Å². The third-order valence-electron chi connectivity index (χ3n) is 4.92. The molecule has 1 aromatic rings. The van der Waals surface area contributed by atoms with E-state index in [-0.39, 0.29) is 11.9 Å². The quantitative estimate of drug-likeness (QED) is 0.783. The summed E-state index contributed by atoms with van der Waals surface area (Å²) in [5, 5.41) is 3.55. The number of thiophene rings is 1. The van der Waals surface area contributed by atoms with E-state index in [4.69, 9.17) is 4.74 Å². The number of aryl methyl sites for hydroxylation is 1. The molecule has 1 aromatic heterocycles. The van der Waals surface area contributed by atoms with E-state index in [9.17, 15) is 9.59 Å². The first kappa shape index (κ1) is 18.4. The first-order valence-corrected chi connectivity index (χ1v) is 9.98. The molecule has 0 spiro atoms. The van der Waals surface area contributed by atoms with E-state index in [2.05, 4.69) is 15.1 Å². The molecule has 25 heavy (non-hydrogen) atoms. The molecule has 0 saturated carbocycles. The minimum absolute atomic E-state index is 0.0542. The van der Waals surface area contributed by atoms with Gasteiger partial charge in [-0.25, -0.2) is 4.79 Å². The van der Waals surface area contributed by atoms with Crippen molar-refractivity contribution in [1.82, 2.24) is 9.80 Å². The SMILES string of the molecule is CCOC(=O)c1cc(CC)sc1NC(=O)CN1CCN2CCCC2C1. The molecule has 1 unspecified atom stereocenters. The lowest BCUT2D eigenvalue weighted by molar-refractivity contribution is -0.117. The highest BCUT2D eigenvalue weighted by Gasteiger charge is 2.31. The number of esters is 1. The van der Waals surface area contributed by atoms with Gasteiger partial charge in [0.25, 0.3) is 0 Å². The summed E-state index contributed by atoms with van der Waals surface area (Å²) in [6.45, 7) is 8.66. The number of carbonyl (C=O) groups is 2. The lowest BCUT2D eigenvalue weighted by Crippen LogP contribution is -2.51. The van der Waals surface area contributed by atoms with Gasteiger partial charge in [0, 0.05) is 30.6 Å². The molecular formula is C18H27N3O3S. The van der Waals surface area contributed by atoms with Crippen molar-refractivity contribution in [2.75, 3.05) is 44.6 Å². The maximum Gasteiger partial charge on any atom is 0.341 e. The van der Waals surface area contributed by atoms with Gasteiger partial charge in [-0.15, -0.1) is 11.3 Å². The number of hydrogen-bond donors (Lipinski definition) is 1. The molecule has 138 valence electrons. The number of rotatable bonds is 6. The van der Waals surface area contributed by atoms with Crippen LogP contribution in [-0.2, 0) is 16.0 Å². The second kappa shape index (κ2) is 8.29. The summed E-state index contributed by atoms with van der Waals surface area (Å²) in [5.41, 5.74) is 0.470. The normalized spacial score (nSPS) is 21.1. The second-order valence-electron chi connectivity index (χ2n) is 6.64. The maximum absolute atomic E-state index is 12.5. The van der Waals surface area contributed by atoms with Crippen molar-refractivity contribution >= 4 is 28.2 Å². The van der Waals surface area contributed by atoms with Crippen molar-refractivity contribution in [2.24, 2.45) is 0 Å². The number of carbonyl (C=O) groups excluding carboxylic acids is 2. The highest BCUT2D eigenvalue weighted by Crippen LogP contribution is 2.29. The molecule has 0 bridgehead atoms. The van der Waals surface area contributed by atoms with Crippen LogP contribution in [0.5, 0.6) is 0 Å². The molecule has 0 aromatic carbocycles. The third kappa shape index (κ3) is 4.40. The van der Waals surface area contributed by atoms with Crippen LogP contribution in [0.4, 0.5) is 5.00 Å². The summed E-state index contributed by atoms with van der Waals surface area (Å²) in [6.07, 6.45) is 3.33. The molecule has 7 heteroatoms. The minimum atomic E-state index is -0.367. The van der Waals surface area contributed by atoms with Gasteiger partial charge in [0.1, 0.15) is 5.00 Å². The van der Waals surface area contributed by atoms with E-state index in [1.54, 1.807) is 6.92 Å². The fourth-order valence-electron chi connectivity index (χ4n) is 3.64. The average Bonchev–Trinajstić information content (AvgIpc) is 3.21. The standard InChI is InChI=1S/C18H27N3O3S/c1-3-14-10-15(18(23)24-4-2)17(25-14)19-16(22)12-20-8-9-21-7-5-6-13(21)11-20/h10,13H,3-9,11-12H2,1-2H3,(H,19,22). The Hall–Kier alpha value is -1.44. The van der Waals surface area contributed by atoms with Gasteiger partial charge in [-0.2, -0.15) is 0 Å². The van der Waals surface area contributed by atoms with Crippen molar-refractivity contribution in [2.45, 2.75) is 39.2 Å². The van der Waals surface area contributed by atoms with Crippen molar-refractivity contribution in [1.29, 1.82) is 0 Å². The van der Waals surface area contributed by atoms with Gasteiger partial charge in [0.15, 0.2) is 0 Å². The average molecular weight is 365 g/mol. The summed E-state index contributed by atoms with van der Waals surface area (Å²) >= 11 is 1.46. The van der Waals surface area contributed by atoms with Crippen molar-refractivity contribution in [3.05, 3.63) is 16.5 Å². The Morgan fingerprint density at radius 3 is 2.92 bits per heavy atom. The molecule has 2 aliphatic rings. The molecule has 0 aliphatic carbocycles. The predicted octanol–water partition coefficient (Wildman–Crippen LogP) is 2.21. The number of amides is 1. The van der Waals surface area contributed by atoms with Gasteiger partial charge in [-0.3, -0.25) is 14.6 Å². The van der Waals surface area contributed by atoms with Crippen LogP contribution in [-0.4, -0.2) is 67.0 Å². The first-order valence-electron chi connectivity index (χ1n) is 9.16. The Labute approximate surface area is 153 Å². The van der Waals surface area contributed by atoms with Gasteiger partial charge in [-0.1, -0.05) is 6.92 Å². The van der Waals surface area contributed by atoms with Crippen LogP contribution in [0, 0.1) is 0 Å². The van der Waals surface area contributed by atoms with Gasteiger partial charge in [0.2, 0.25) is 5.91 Å². The molecule has 3 rings (SSSR count). The number of anilines is 1. The largest absolute Gasteiger partial charge is 0.462 e. The smallest absolute Gasteiger partial charge is 0.341 e. The Morgan fingerprint density at radius 2 is 2.16 bits per heavy atom. The molecule has 0 radical (unpaired) electrons. The van der Waals surface area contributed by atoms with Crippen LogP contribution < -0.4 is 5.32 Å². The fraction of sp³-hybridized carbons (Fsp3) is 0.667. The number of fused-ring (bicyclic) bond motifs is 1. The maximum atomic E-state index is 12.5. The zero-order valence-corrected chi connectivity index (χ0v) is 15.9. The Balaban J connectivity index is 1.60. The first-order chi connectivity index (χ1) is 12.1. The lowest BCUT2D eigenvalue weighted by atomic mass is 10.1. The van der Waals surface area contributed by atoms with Crippen LogP contribution in [0.15, 0.2) is 6.07 Å². The molecule has 1 atom stereocenters. The van der Waals surface area contributed by atoms with E-state index in [0.29, 0.717) is 29.8 Å². The number of ether oxygens (including phenoxy) is 1. The monoisotopic (exact) mass is 365 g/mol. The van der Waals surface area contributed by atoms with Crippen LogP contribution in [0.2, 0.25) is 0 Å². The highest BCUT2D eigenvalue weighted by atomic mass is 32.1. The Morgan fingerprint density at radius 1 is 1.32 bits per heavy atom. The van der Waals surface area contributed by atoms with E-state index >= 15 is 0 Å². The topological polar surface area (TPSA) is 61.9 Å². The van der Waals surface area contributed by atoms with E-state index < -0.39 is 0 Å². The van der Waals surface area contributed by atoms with E-state index in [1.165, 1.54) is 30.7 Å².